The Kier molecular flexibility index (Phi) is 6.09. The number of benzene rings is 1. The van der Waals surface area contributed by atoms with Gasteiger partial charge in [0.05, 0.1) is 5.39 Å². The first-order valence-electron chi connectivity index (χ1n) is 8.48. The lowest BCUT2D eigenvalue weighted by Crippen LogP contribution is -2.41. The van der Waals surface area contributed by atoms with E-state index < -0.39 is 0 Å². The minimum Gasteiger partial charge on any atom is -0.336 e. The van der Waals surface area contributed by atoms with Crippen LogP contribution in [0.15, 0.2) is 29.1 Å². The number of likely N-dealkylation sites (N-methyl/N-ethyl adjacent to an activating group) is 1. The maximum atomic E-state index is 12.8. The zero-order valence-electron chi connectivity index (χ0n) is 14.7. The Bertz CT molecular complexity index is 769. The zero-order chi connectivity index (χ0) is 17.7. The standard InChI is InChI=1S/C18H26N4O2/c1-4-5-8-11-22-17(23)15-10-7-6-9-14(15)16(20-22)18(24)21(3)13(2)12-19/h6-7,9-10,13H,4-5,8,11-12,19H2,1-3H3. The molecule has 24 heavy (non-hydrogen) atoms. The molecule has 0 aliphatic carbocycles. The first-order valence-corrected chi connectivity index (χ1v) is 8.48. The van der Waals surface area contributed by atoms with Gasteiger partial charge in [0.25, 0.3) is 11.5 Å². The first-order chi connectivity index (χ1) is 11.5. The number of hydrogen-bond donors (Lipinski definition) is 1. The van der Waals surface area contributed by atoms with Crippen LogP contribution in [-0.2, 0) is 6.54 Å². The second-order valence-corrected chi connectivity index (χ2v) is 6.13. The molecular formula is C18H26N4O2. The molecule has 6 heteroatoms. The molecule has 2 N–H and O–H groups in total. The van der Waals surface area contributed by atoms with Crippen molar-refractivity contribution in [3.63, 3.8) is 0 Å². The van der Waals surface area contributed by atoms with E-state index in [9.17, 15) is 9.59 Å². The minimum absolute atomic E-state index is 0.0986. The number of aromatic nitrogens is 2. The summed E-state index contributed by atoms with van der Waals surface area (Å²) in [7, 11) is 1.71. The molecule has 0 saturated carbocycles. The summed E-state index contributed by atoms with van der Waals surface area (Å²) in [6, 6.07) is 7.04. The van der Waals surface area contributed by atoms with Crippen LogP contribution in [0.25, 0.3) is 10.8 Å². The van der Waals surface area contributed by atoms with Crippen molar-refractivity contribution in [3.8, 4) is 0 Å². The molecule has 0 saturated heterocycles. The van der Waals surface area contributed by atoms with Crippen molar-refractivity contribution in [1.82, 2.24) is 14.7 Å². The van der Waals surface area contributed by atoms with Crippen LogP contribution in [-0.4, -0.2) is 40.2 Å². The van der Waals surface area contributed by atoms with Gasteiger partial charge in [-0.3, -0.25) is 9.59 Å². The molecule has 0 radical (unpaired) electrons. The summed E-state index contributed by atoms with van der Waals surface area (Å²) < 4.78 is 1.42. The molecule has 0 aliphatic rings. The van der Waals surface area contributed by atoms with Crippen molar-refractivity contribution in [2.45, 2.75) is 45.7 Å². The van der Waals surface area contributed by atoms with Crippen LogP contribution >= 0.6 is 0 Å². The van der Waals surface area contributed by atoms with Gasteiger partial charge in [-0.15, -0.1) is 0 Å². The van der Waals surface area contributed by atoms with Crippen molar-refractivity contribution in [2.24, 2.45) is 5.73 Å². The molecule has 1 atom stereocenters. The molecular weight excluding hydrogens is 304 g/mol. The molecule has 1 aromatic carbocycles. The Labute approximate surface area is 142 Å². The number of fused-ring (bicyclic) bond motifs is 1. The Morgan fingerprint density at radius 1 is 1.29 bits per heavy atom. The van der Waals surface area contributed by atoms with Crippen molar-refractivity contribution < 1.29 is 4.79 Å². The first kappa shape index (κ1) is 18.1. The summed E-state index contributed by atoms with van der Waals surface area (Å²) in [5, 5.41) is 5.50. The van der Waals surface area contributed by atoms with Gasteiger partial charge < -0.3 is 10.6 Å². The number of unbranched alkanes of at least 4 members (excludes halogenated alkanes) is 2. The molecule has 6 nitrogen and oxygen atoms in total. The van der Waals surface area contributed by atoms with E-state index >= 15 is 0 Å². The van der Waals surface area contributed by atoms with Crippen LogP contribution < -0.4 is 11.3 Å². The van der Waals surface area contributed by atoms with E-state index in [0.29, 0.717) is 29.6 Å². The predicted molar refractivity (Wildman–Crippen MR) is 96.1 cm³/mol. The fourth-order valence-corrected chi connectivity index (χ4v) is 2.58. The van der Waals surface area contributed by atoms with Gasteiger partial charge in [0, 0.05) is 31.6 Å². The lowest BCUT2D eigenvalue weighted by Gasteiger charge is -2.24. The normalized spacial score (nSPS) is 12.3. The van der Waals surface area contributed by atoms with Gasteiger partial charge >= 0.3 is 0 Å². The Hall–Kier alpha value is -2.21. The minimum atomic E-state index is -0.214. The van der Waals surface area contributed by atoms with Crippen molar-refractivity contribution in [3.05, 3.63) is 40.3 Å². The molecule has 2 rings (SSSR count). The maximum Gasteiger partial charge on any atom is 0.274 e. The lowest BCUT2D eigenvalue weighted by atomic mass is 10.1. The highest BCUT2D eigenvalue weighted by molar-refractivity contribution is 6.04. The highest BCUT2D eigenvalue weighted by Gasteiger charge is 2.22. The highest BCUT2D eigenvalue weighted by Crippen LogP contribution is 2.16. The number of carbonyl (C=O) groups excluding carboxylic acids is 1. The quantitative estimate of drug-likeness (QED) is 0.787. The molecule has 0 spiro atoms. The second kappa shape index (κ2) is 8.06. The van der Waals surface area contributed by atoms with Gasteiger partial charge in [-0.2, -0.15) is 5.10 Å². The third-order valence-electron chi connectivity index (χ3n) is 4.37. The highest BCUT2D eigenvalue weighted by atomic mass is 16.2. The number of nitrogens with two attached hydrogens (primary N) is 1. The fourth-order valence-electron chi connectivity index (χ4n) is 2.58. The molecule has 0 aliphatic heterocycles. The number of carbonyl (C=O) groups is 1. The molecule has 1 unspecified atom stereocenters. The Morgan fingerprint density at radius 3 is 2.58 bits per heavy atom. The van der Waals surface area contributed by atoms with Crippen LogP contribution in [0.1, 0.15) is 43.6 Å². The number of aryl methyl sites for hydroxylation is 1. The summed E-state index contributed by atoms with van der Waals surface area (Å²) in [5.74, 6) is -0.214. The van der Waals surface area contributed by atoms with E-state index in [0.717, 1.165) is 19.3 Å². The summed E-state index contributed by atoms with van der Waals surface area (Å²) in [6.07, 6.45) is 2.95. The van der Waals surface area contributed by atoms with E-state index in [-0.39, 0.29) is 17.5 Å². The fraction of sp³-hybridized carbons (Fsp3) is 0.500. The summed E-state index contributed by atoms with van der Waals surface area (Å²) in [5.41, 5.74) is 5.83. The van der Waals surface area contributed by atoms with E-state index in [1.807, 2.05) is 13.0 Å². The molecule has 1 amide bonds. The third kappa shape index (κ3) is 3.64. The average Bonchev–Trinajstić information content (AvgIpc) is 2.62. The van der Waals surface area contributed by atoms with Crippen LogP contribution in [0.3, 0.4) is 0 Å². The Morgan fingerprint density at radius 2 is 1.96 bits per heavy atom. The predicted octanol–water partition coefficient (Wildman–Crippen LogP) is 2.01. The molecule has 1 heterocycles. The number of nitrogens with zero attached hydrogens (tertiary/aromatic N) is 3. The second-order valence-electron chi connectivity index (χ2n) is 6.13. The van der Waals surface area contributed by atoms with Crippen molar-refractivity contribution >= 4 is 16.7 Å². The van der Waals surface area contributed by atoms with Gasteiger partial charge in [0.2, 0.25) is 0 Å². The lowest BCUT2D eigenvalue weighted by molar-refractivity contribution is 0.0742. The van der Waals surface area contributed by atoms with Crippen LogP contribution in [0.5, 0.6) is 0 Å². The van der Waals surface area contributed by atoms with Crippen molar-refractivity contribution in [2.75, 3.05) is 13.6 Å². The summed E-state index contributed by atoms with van der Waals surface area (Å²) in [4.78, 5) is 27.0. The topological polar surface area (TPSA) is 81.2 Å². The monoisotopic (exact) mass is 330 g/mol. The van der Waals surface area contributed by atoms with E-state index in [1.54, 1.807) is 30.1 Å². The molecule has 0 bridgehead atoms. The SMILES string of the molecule is CCCCCn1nc(C(=O)N(C)C(C)CN)c2ccccc2c1=O. The Balaban J connectivity index is 2.53. The summed E-state index contributed by atoms with van der Waals surface area (Å²) in [6.45, 7) is 4.89. The van der Waals surface area contributed by atoms with Crippen LogP contribution in [0.2, 0.25) is 0 Å². The third-order valence-corrected chi connectivity index (χ3v) is 4.37. The van der Waals surface area contributed by atoms with Crippen LogP contribution in [0, 0.1) is 0 Å². The molecule has 1 aromatic heterocycles. The van der Waals surface area contributed by atoms with Gasteiger partial charge in [0.1, 0.15) is 0 Å². The van der Waals surface area contributed by atoms with Crippen LogP contribution in [0.4, 0.5) is 0 Å². The van der Waals surface area contributed by atoms with Gasteiger partial charge in [-0.25, -0.2) is 4.68 Å². The molecule has 2 aromatic rings. The summed E-state index contributed by atoms with van der Waals surface area (Å²) >= 11 is 0. The van der Waals surface area contributed by atoms with Gasteiger partial charge in [-0.1, -0.05) is 38.0 Å². The molecule has 0 fully saturated rings. The smallest absolute Gasteiger partial charge is 0.274 e. The van der Waals surface area contributed by atoms with E-state index in [4.69, 9.17) is 5.73 Å². The van der Waals surface area contributed by atoms with Gasteiger partial charge in [0.15, 0.2) is 5.69 Å². The van der Waals surface area contributed by atoms with Gasteiger partial charge in [-0.05, 0) is 19.4 Å². The molecule has 130 valence electrons. The largest absolute Gasteiger partial charge is 0.336 e. The maximum absolute atomic E-state index is 12.8. The number of hydrogen-bond acceptors (Lipinski definition) is 4. The number of amides is 1. The van der Waals surface area contributed by atoms with E-state index in [1.165, 1.54) is 4.68 Å². The van der Waals surface area contributed by atoms with E-state index in [2.05, 4.69) is 12.0 Å². The zero-order valence-corrected chi connectivity index (χ0v) is 14.7. The van der Waals surface area contributed by atoms with Crippen molar-refractivity contribution in [1.29, 1.82) is 0 Å². The average molecular weight is 330 g/mol. The number of rotatable bonds is 7.